The first-order chi connectivity index (χ1) is 15.9. The highest BCUT2D eigenvalue weighted by atomic mass is 16.5. The Morgan fingerprint density at radius 2 is 1.88 bits per heavy atom. The maximum absolute atomic E-state index is 13.2. The van der Waals surface area contributed by atoms with Gasteiger partial charge < -0.3 is 9.64 Å². The summed E-state index contributed by atoms with van der Waals surface area (Å²) < 4.78 is 7.00. The van der Waals surface area contributed by atoms with Crippen molar-refractivity contribution >= 4 is 16.8 Å². The lowest BCUT2D eigenvalue weighted by atomic mass is 10.0. The molecule has 0 bridgehead atoms. The molecule has 2 aromatic carbocycles. The number of methoxy groups -OCH3 is 1. The summed E-state index contributed by atoms with van der Waals surface area (Å²) in [5.41, 5.74) is 2.42. The van der Waals surface area contributed by atoms with Crippen molar-refractivity contribution in [1.29, 1.82) is 0 Å². The SMILES string of the molecule is COCCn1c(C(C)N2CCN(C(=O)c3ccccc3C)C(C)C2)nc2ccccc2c1=O. The van der Waals surface area contributed by atoms with Crippen LogP contribution in [0.1, 0.15) is 41.6 Å². The van der Waals surface area contributed by atoms with Crippen LogP contribution in [0, 0.1) is 6.92 Å². The lowest BCUT2D eigenvalue weighted by molar-refractivity contribution is 0.0388. The molecule has 1 fully saturated rings. The highest BCUT2D eigenvalue weighted by Crippen LogP contribution is 2.24. The molecule has 7 heteroatoms. The molecule has 1 aliphatic heterocycles. The van der Waals surface area contributed by atoms with Crippen LogP contribution in [-0.4, -0.2) is 64.7 Å². The Kier molecular flexibility index (Phi) is 6.91. The molecule has 1 amide bonds. The van der Waals surface area contributed by atoms with Crippen molar-refractivity contribution in [2.45, 2.75) is 39.4 Å². The van der Waals surface area contributed by atoms with Crippen LogP contribution in [0.15, 0.2) is 53.3 Å². The molecule has 2 unspecified atom stereocenters. The lowest BCUT2D eigenvalue weighted by Crippen LogP contribution is -2.54. The number of amides is 1. The van der Waals surface area contributed by atoms with Crippen molar-refractivity contribution in [3.05, 3.63) is 75.8 Å². The van der Waals surface area contributed by atoms with Crippen molar-refractivity contribution in [3.8, 4) is 0 Å². The number of hydrogen-bond acceptors (Lipinski definition) is 5. The number of nitrogens with zero attached hydrogens (tertiary/aromatic N) is 4. The van der Waals surface area contributed by atoms with Crippen molar-refractivity contribution in [2.75, 3.05) is 33.4 Å². The summed E-state index contributed by atoms with van der Waals surface area (Å²) in [5.74, 6) is 0.815. The number of rotatable bonds is 6. The van der Waals surface area contributed by atoms with Gasteiger partial charge in [0.1, 0.15) is 5.82 Å². The Morgan fingerprint density at radius 1 is 1.15 bits per heavy atom. The Bertz CT molecular complexity index is 1210. The molecule has 33 heavy (non-hydrogen) atoms. The van der Waals surface area contributed by atoms with Crippen LogP contribution in [0.5, 0.6) is 0 Å². The van der Waals surface area contributed by atoms with Gasteiger partial charge in [-0.25, -0.2) is 4.98 Å². The summed E-state index contributed by atoms with van der Waals surface area (Å²) in [5, 5.41) is 0.617. The van der Waals surface area contributed by atoms with Crippen LogP contribution in [0.4, 0.5) is 0 Å². The first kappa shape index (κ1) is 23.1. The molecule has 174 valence electrons. The minimum absolute atomic E-state index is 0.0408. The van der Waals surface area contributed by atoms with Crippen molar-refractivity contribution < 1.29 is 9.53 Å². The smallest absolute Gasteiger partial charge is 0.261 e. The minimum Gasteiger partial charge on any atom is -0.383 e. The number of ether oxygens (including phenoxy) is 1. The molecule has 0 spiro atoms. The second-order valence-corrected chi connectivity index (χ2v) is 8.77. The second kappa shape index (κ2) is 9.85. The van der Waals surface area contributed by atoms with Gasteiger partial charge in [-0.1, -0.05) is 30.3 Å². The van der Waals surface area contributed by atoms with Gasteiger partial charge in [-0.3, -0.25) is 19.1 Å². The van der Waals surface area contributed by atoms with Gasteiger partial charge in [0.2, 0.25) is 0 Å². The zero-order valence-corrected chi connectivity index (χ0v) is 19.8. The normalized spacial score (nSPS) is 17.9. The molecule has 1 aliphatic rings. The van der Waals surface area contributed by atoms with Crippen molar-refractivity contribution in [3.63, 3.8) is 0 Å². The third-order valence-electron chi connectivity index (χ3n) is 6.63. The van der Waals surface area contributed by atoms with Crippen LogP contribution in [0.25, 0.3) is 10.9 Å². The van der Waals surface area contributed by atoms with E-state index >= 15 is 0 Å². The number of piperazine rings is 1. The third-order valence-corrected chi connectivity index (χ3v) is 6.63. The number of carbonyl (C=O) groups excluding carboxylic acids is 1. The summed E-state index contributed by atoms with van der Waals surface area (Å²) in [6.07, 6.45) is 0. The number of carbonyl (C=O) groups is 1. The van der Waals surface area contributed by atoms with E-state index in [2.05, 4.69) is 18.7 Å². The van der Waals surface area contributed by atoms with E-state index in [1.165, 1.54) is 0 Å². The fourth-order valence-corrected chi connectivity index (χ4v) is 4.67. The van der Waals surface area contributed by atoms with Gasteiger partial charge >= 0.3 is 0 Å². The average Bonchev–Trinajstić information content (AvgIpc) is 2.83. The van der Waals surface area contributed by atoms with Gasteiger partial charge in [0.05, 0.1) is 30.1 Å². The largest absolute Gasteiger partial charge is 0.383 e. The van der Waals surface area contributed by atoms with Crippen LogP contribution in [-0.2, 0) is 11.3 Å². The summed E-state index contributed by atoms with van der Waals surface area (Å²) >= 11 is 0. The highest BCUT2D eigenvalue weighted by molar-refractivity contribution is 5.95. The predicted octanol–water partition coefficient (Wildman–Crippen LogP) is 3.26. The Morgan fingerprint density at radius 3 is 2.61 bits per heavy atom. The zero-order valence-electron chi connectivity index (χ0n) is 19.8. The van der Waals surface area contributed by atoms with Crippen LogP contribution < -0.4 is 5.56 Å². The molecule has 1 saturated heterocycles. The fraction of sp³-hybridized carbons (Fsp3) is 0.423. The zero-order chi connectivity index (χ0) is 23.5. The molecule has 2 heterocycles. The van der Waals surface area contributed by atoms with Gasteiger partial charge in [0.15, 0.2) is 0 Å². The van der Waals surface area contributed by atoms with Gasteiger partial charge in [-0.2, -0.15) is 0 Å². The van der Waals surface area contributed by atoms with Gasteiger partial charge in [0, 0.05) is 38.3 Å². The highest BCUT2D eigenvalue weighted by Gasteiger charge is 2.32. The van der Waals surface area contributed by atoms with Crippen LogP contribution >= 0.6 is 0 Å². The van der Waals surface area contributed by atoms with E-state index in [-0.39, 0.29) is 23.6 Å². The van der Waals surface area contributed by atoms with Gasteiger partial charge in [-0.15, -0.1) is 0 Å². The summed E-state index contributed by atoms with van der Waals surface area (Å²) in [6, 6.07) is 15.2. The van der Waals surface area contributed by atoms with Crippen LogP contribution in [0.2, 0.25) is 0 Å². The summed E-state index contributed by atoms with van der Waals surface area (Å²) in [7, 11) is 1.63. The average molecular weight is 449 g/mol. The summed E-state index contributed by atoms with van der Waals surface area (Å²) in [6.45, 7) is 9.10. The Hall–Kier alpha value is -3.03. The molecule has 4 rings (SSSR count). The van der Waals surface area contributed by atoms with Crippen molar-refractivity contribution in [1.82, 2.24) is 19.4 Å². The molecule has 2 atom stereocenters. The number of fused-ring (bicyclic) bond motifs is 1. The first-order valence-electron chi connectivity index (χ1n) is 11.5. The van der Waals surface area contributed by atoms with E-state index in [4.69, 9.17) is 9.72 Å². The van der Waals surface area contributed by atoms with E-state index < -0.39 is 0 Å². The van der Waals surface area contributed by atoms with E-state index in [1.54, 1.807) is 11.7 Å². The Balaban J connectivity index is 1.59. The maximum Gasteiger partial charge on any atom is 0.261 e. The molecule has 1 aromatic heterocycles. The van der Waals surface area contributed by atoms with Gasteiger partial charge in [0.25, 0.3) is 11.5 Å². The maximum atomic E-state index is 13.2. The molecule has 0 aliphatic carbocycles. The van der Waals surface area contributed by atoms with E-state index in [1.807, 2.05) is 60.4 Å². The molecular weight excluding hydrogens is 416 g/mol. The number of benzene rings is 2. The number of aryl methyl sites for hydroxylation is 1. The quantitative estimate of drug-likeness (QED) is 0.579. The topological polar surface area (TPSA) is 67.7 Å². The van der Waals surface area contributed by atoms with Crippen LogP contribution in [0.3, 0.4) is 0 Å². The molecule has 0 saturated carbocycles. The molecule has 7 nitrogen and oxygen atoms in total. The minimum atomic E-state index is -0.0719. The first-order valence-corrected chi connectivity index (χ1v) is 11.5. The fourth-order valence-electron chi connectivity index (χ4n) is 4.67. The third kappa shape index (κ3) is 4.56. The molecular formula is C26H32N4O3. The summed E-state index contributed by atoms with van der Waals surface area (Å²) in [4.78, 5) is 35.6. The number of para-hydroxylation sites is 1. The van der Waals surface area contributed by atoms with E-state index in [9.17, 15) is 9.59 Å². The van der Waals surface area contributed by atoms with E-state index in [0.29, 0.717) is 37.1 Å². The molecule has 0 N–H and O–H groups in total. The van der Waals surface area contributed by atoms with Crippen molar-refractivity contribution in [2.24, 2.45) is 0 Å². The van der Waals surface area contributed by atoms with Gasteiger partial charge in [-0.05, 0) is 44.5 Å². The molecule has 0 radical (unpaired) electrons. The lowest BCUT2D eigenvalue weighted by Gasteiger charge is -2.42. The number of aromatic nitrogens is 2. The van der Waals surface area contributed by atoms with E-state index in [0.717, 1.165) is 23.5 Å². The second-order valence-electron chi connectivity index (χ2n) is 8.77. The Labute approximate surface area is 194 Å². The molecule has 3 aromatic rings. The monoisotopic (exact) mass is 448 g/mol. The predicted molar refractivity (Wildman–Crippen MR) is 130 cm³/mol. The number of hydrogen-bond donors (Lipinski definition) is 0. The standard InChI is InChI=1S/C26H32N4O3/c1-18-9-5-6-10-21(18)25(31)29-14-13-28(17-19(29)2)20(3)24-27-23-12-8-7-11-22(23)26(32)30(24)15-16-33-4/h5-12,19-20H,13-17H2,1-4H3.